The molecule has 5 nitrogen and oxygen atoms in total. The minimum Gasteiger partial charge on any atom is -0.350 e. The Bertz CT molecular complexity index is 1120. The van der Waals surface area contributed by atoms with Crippen LogP contribution < -0.4 is 5.32 Å². The molecule has 0 aliphatic carbocycles. The van der Waals surface area contributed by atoms with Gasteiger partial charge >= 0.3 is 0 Å². The molecule has 31 heavy (non-hydrogen) atoms. The molecule has 2 aromatic carbocycles. The number of hydrogen-bond donors (Lipinski definition) is 1. The van der Waals surface area contributed by atoms with Crippen LogP contribution in [0.25, 0.3) is 5.65 Å². The van der Waals surface area contributed by atoms with Gasteiger partial charge in [-0.15, -0.1) is 11.8 Å². The van der Waals surface area contributed by atoms with Gasteiger partial charge in [0.15, 0.2) is 0 Å². The molecule has 4 aromatic rings. The summed E-state index contributed by atoms with van der Waals surface area (Å²) < 4.78 is 2.01. The summed E-state index contributed by atoms with van der Waals surface area (Å²) >= 11 is 1.63. The van der Waals surface area contributed by atoms with Crippen molar-refractivity contribution in [1.82, 2.24) is 19.6 Å². The number of thioether (sulfide) groups is 1. The number of amides is 1. The summed E-state index contributed by atoms with van der Waals surface area (Å²) in [5, 5.41) is 3.13. The molecule has 1 atom stereocenters. The normalized spacial score (nSPS) is 12.2. The third kappa shape index (κ3) is 5.16. The van der Waals surface area contributed by atoms with Crippen molar-refractivity contribution < 1.29 is 4.79 Å². The molecule has 1 unspecified atom stereocenters. The largest absolute Gasteiger partial charge is 0.350 e. The van der Waals surface area contributed by atoms with Crippen molar-refractivity contribution in [2.45, 2.75) is 16.7 Å². The molecule has 0 saturated carbocycles. The van der Waals surface area contributed by atoms with E-state index in [1.54, 1.807) is 11.8 Å². The first kappa shape index (κ1) is 21.2. The lowest BCUT2D eigenvalue weighted by Crippen LogP contribution is -2.34. The van der Waals surface area contributed by atoms with Gasteiger partial charge in [-0.1, -0.05) is 48.5 Å². The first-order valence-corrected chi connectivity index (χ1v) is 11.2. The number of imidazole rings is 1. The lowest BCUT2D eigenvalue weighted by atomic mass is 10.1. The third-order valence-electron chi connectivity index (χ3n) is 5.18. The van der Waals surface area contributed by atoms with E-state index in [-0.39, 0.29) is 11.9 Å². The van der Waals surface area contributed by atoms with Gasteiger partial charge in [-0.2, -0.15) is 0 Å². The van der Waals surface area contributed by atoms with Crippen LogP contribution in [0.3, 0.4) is 0 Å². The van der Waals surface area contributed by atoms with E-state index in [4.69, 9.17) is 0 Å². The highest BCUT2D eigenvalue weighted by Crippen LogP contribution is 2.26. The van der Waals surface area contributed by atoms with Crippen molar-refractivity contribution in [1.29, 1.82) is 0 Å². The van der Waals surface area contributed by atoms with E-state index in [1.807, 2.05) is 91.6 Å². The maximum Gasteiger partial charge on any atom is 0.252 e. The molecular weight excluding hydrogens is 404 g/mol. The van der Waals surface area contributed by atoms with Gasteiger partial charge < -0.3 is 14.6 Å². The Hall–Kier alpha value is -3.09. The summed E-state index contributed by atoms with van der Waals surface area (Å²) in [5.74, 6) is 0.650. The van der Waals surface area contributed by atoms with E-state index in [0.717, 1.165) is 16.2 Å². The average Bonchev–Trinajstić information content (AvgIpc) is 3.21. The van der Waals surface area contributed by atoms with Crippen LogP contribution in [-0.4, -0.2) is 40.8 Å². The van der Waals surface area contributed by atoms with Gasteiger partial charge in [0.25, 0.3) is 5.91 Å². The number of hydrogen-bond acceptors (Lipinski definition) is 4. The van der Waals surface area contributed by atoms with Gasteiger partial charge in [0.1, 0.15) is 5.65 Å². The predicted octanol–water partition coefficient (Wildman–Crippen LogP) is 4.66. The van der Waals surface area contributed by atoms with Gasteiger partial charge in [-0.05, 0) is 43.9 Å². The number of pyridine rings is 1. The van der Waals surface area contributed by atoms with Gasteiger partial charge in [0.05, 0.1) is 17.3 Å². The van der Waals surface area contributed by atoms with Crippen LogP contribution in [0.15, 0.2) is 90.1 Å². The number of carbonyl (C=O) groups is 1. The Morgan fingerprint density at radius 1 is 1.03 bits per heavy atom. The molecule has 158 valence electrons. The lowest BCUT2D eigenvalue weighted by molar-refractivity contribution is 0.0939. The molecule has 0 saturated heterocycles. The molecule has 2 aromatic heterocycles. The van der Waals surface area contributed by atoms with E-state index in [1.165, 1.54) is 5.56 Å². The quantitative estimate of drug-likeness (QED) is 0.413. The summed E-state index contributed by atoms with van der Waals surface area (Å²) in [5.41, 5.74) is 3.80. The highest BCUT2D eigenvalue weighted by atomic mass is 32.2. The number of benzene rings is 2. The number of nitrogens with zero attached hydrogens (tertiary/aromatic N) is 3. The summed E-state index contributed by atoms with van der Waals surface area (Å²) in [6.07, 6.45) is 4.03. The van der Waals surface area contributed by atoms with E-state index in [2.05, 4.69) is 27.3 Å². The summed E-state index contributed by atoms with van der Waals surface area (Å²) in [6, 6.07) is 24.1. The Morgan fingerprint density at radius 2 is 1.77 bits per heavy atom. The Kier molecular flexibility index (Phi) is 6.70. The van der Waals surface area contributed by atoms with Crippen LogP contribution in [0.1, 0.15) is 27.7 Å². The second-order valence-corrected chi connectivity index (χ2v) is 8.60. The number of rotatable bonds is 8. The molecule has 0 radical (unpaired) electrons. The second kappa shape index (κ2) is 9.81. The molecule has 0 spiro atoms. The standard InChI is InChI=1S/C25H26N4OS/c1-28(2)22(19-10-4-3-5-11-19)16-26-25(30)21-12-6-7-13-23(21)31-18-20-17-29-15-9-8-14-24(29)27-20/h3-15,17,22H,16,18H2,1-2H3,(H,26,30). The number of likely N-dealkylation sites (N-methyl/N-ethyl adjacent to an activating group) is 1. The average molecular weight is 431 g/mol. The fourth-order valence-electron chi connectivity index (χ4n) is 3.55. The first-order valence-electron chi connectivity index (χ1n) is 10.3. The molecule has 0 bridgehead atoms. The van der Waals surface area contributed by atoms with Crippen molar-refractivity contribution in [3.63, 3.8) is 0 Å². The topological polar surface area (TPSA) is 49.6 Å². The fraction of sp³-hybridized carbons (Fsp3) is 0.200. The van der Waals surface area contributed by atoms with Crippen molar-refractivity contribution in [3.8, 4) is 0 Å². The minimum atomic E-state index is -0.0547. The highest BCUT2D eigenvalue weighted by Gasteiger charge is 2.17. The van der Waals surface area contributed by atoms with E-state index in [0.29, 0.717) is 17.9 Å². The summed E-state index contributed by atoms with van der Waals surface area (Å²) in [6.45, 7) is 0.543. The smallest absolute Gasteiger partial charge is 0.252 e. The Labute approximate surface area is 187 Å². The lowest BCUT2D eigenvalue weighted by Gasteiger charge is -2.25. The molecule has 0 fully saturated rings. The van der Waals surface area contributed by atoms with E-state index in [9.17, 15) is 4.79 Å². The van der Waals surface area contributed by atoms with E-state index >= 15 is 0 Å². The third-order valence-corrected chi connectivity index (χ3v) is 6.29. The van der Waals surface area contributed by atoms with Crippen molar-refractivity contribution in [2.75, 3.05) is 20.6 Å². The van der Waals surface area contributed by atoms with Crippen LogP contribution in [0.5, 0.6) is 0 Å². The fourth-order valence-corrected chi connectivity index (χ4v) is 4.48. The maximum absolute atomic E-state index is 13.0. The summed E-state index contributed by atoms with van der Waals surface area (Å²) in [4.78, 5) is 20.7. The van der Waals surface area contributed by atoms with Gasteiger partial charge in [-0.25, -0.2) is 4.98 Å². The molecule has 4 rings (SSSR count). The maximum atomic E-state index is 13.0. The number of fused-ring (bicyclic) bond motifs is 1. The van der Waals surface area contributed by atoms with Gasteiger partial charge in [-0.3, -0.25) is 4.79 Å². The van der Waals surface area contributed by atoms with Gasteiger partial charge in [0.2, 0.25) is 0 Å². The molecule has 1 amide bonds. The van der Waals surface area contributed by atoms with Crippen LogP contribution >= 0.6 is 11.8 Å². The highest BCUT2D eigenvalue weighted by molar-refractivity contribution is 7.98. The monoisotopic (exact) mass is 430 g/mol. The number of carbonyl (C=O) groups excluding carboxylic acids is 1. The van der Waals surface area contributed by atoms with Crippen LogP contribution in [0.2, 0.25) is 0 Å². The molecular formula is C25H26N4OS. The number of aromatic nitrogens is 2. The number of nitrogens with one attached hydrogen (secondary N) is 1. The molecule has 6 heteroatoms. The van der Waals surface area contributed by atoms with Crippen molar-refractivity contribution in [2.24, 2.45) is 0 Å². The molecule has 0 aliphatic heterocycles. The zero-order valence-corrected chi connectivity index (χ0v) is 18.5. The SMILES string of the molecule is CN(C)C(CNC(=O)c1ccccc1SCc1cn2ccccc2n1)c1ccccc1. The van der Waals surface area contributed by atoms with Crippen molar-refractivity contribution in [3.05, 3.63) is 102 Å². The zero-order valence-electron chi connectivity index (χ0n) is 17.7. The van der Waals surface area contributed by atoms with Crippen LogP contribution in [0, 0.1) is 0 Å². The van der Waals surface area contributed by atoms with E-state index < -0.39 is 0 Å². The van der Waals surface area contributed by atoms with Crippen LogP contribution in [0.4, 0.5) is 0 Å². The first-order chi connectivity index (χ1) is 15.1. The van der Waals surface area contributed by atoms with Crippen molar-refractivity contribution >= 4 is 23.3 Å². The Balaban J connectivity index is 1.44. The van der Waals surface area contributed by atoms with Gasteiger partial charge in [0, 0.05) is 29.6 Å². The zero-order chi connectivity index (χ0) is 21.6. The minimum absolute atomic E-state index is 0.0547. The molecule has 0 aliphatic rings. The summed E-state index contributed by atoms with van der Waals surface area (Å²) in [7, 11) is 4.06. The second-order valence-electron chi connectivity index (χ2n) is 7.58. The molecule has 2 heterocycles. The predicted molar refractivity (Wildman–Crippen MR) is 126 cm³/mol. The Morgan fingerprint density at radius 3 is 2.55 bits per heavy atom. The molecule has 1 N–H and O–H groups in total. The van der Waals surface area contributed by atoms with Crippen LogP contribution in [-0.2, 0) is 5.75 Å².